The van der Waals surface area contributed by atoms with E-state index in [1.54, 1.807) is 30.3 Å². The standard InChI is InChI=1S/C23H26O5/c1-22(2,3)16-12-14(13-17(20(16)26)23(4,5)21(27)28)10-11-19(25)15-8-6-7-9-18(15)24/h6-13,24,26H,1-5H3,(H,27,28)/b11-10+. The predicted molar refractivity (Wildman–Crippen MR) is 109 cm³/mol. The molecule has 28 heavy (non-hydrogen) atoms. The van der Waals surface area contributed by atoms with Gasteiger partial charge in [-0.3, -0.25) is 9.59 Å². The average molecular weight is 382 g/mol. The lowest BCUT2D eigenvalue weighted by Crippen LogP contribution is -2.29. The van der Waals surface area contributed by atoms with E-state index in [-0.39, 0.29) is 28.4 Å². The maximum atomic E-state index is 12.4. The summed E-state index contributed by atoms with van der Waals surface area (Å²) in [5, 5.41) is 30.2. The van der Waals surface area contributed by atoms with Gasteiger partial charge in [0, 0.05) is 11.1 Å². The molecule has 3 N–H and O–H groups in total. The fourth-order valence-corrected chi connectivity index (χ4v) is 2.86. The number of carboxylic acids is 1. The monoisotopic (exact) mass is 382 g/mol. The highest BCUT2D eigenvalue weighted by atomic mass is 16.4. The Bertz CT molecular complexity index is 946. The summed E-state index contributed by atoms with van der Waals surface area (Å²) in [5.41, 5.74) is -0.0965. The Hall–Kier alpha value is -3.08. The van der Waals surface area contributed by atoms with E-state index in [1.165, 1.54) is 32.1 Å². The number of aliphatic carboxylic acids is 1. The number of ketones is 1. The largest absolute Gasteiger partial charge is 0.507 e. The maximum absolute atomic E-state index is 12.4. The summed E-state index contributed by atoms with van der Waals surface area (Å²) < 4.78 is 0. The van der Waals surface area contributed by atoms with Crippen LogP contribution in [-0.2, 0) is 15.6 Å². The quantitative estimate of drug-likeness (QED) is 0.517. The smallest absolute Gasteiger partial charge is 0.313 e. The first-order valence-electron chi connectivity index (χ1n) is 8.97. The Kier molecular flexibility index (Phi) is 5.69. The number of allylic oxidation sites excluding steroid dienone is 1. The highest BCUT2D eigenvalue weighted by Gasteiger charge is 2.34. The molecule has 0 spiro atoms. The van der Waals surface area contributed by atoms with Crippen LogP contribution in [0, 0.1) is 0 Å². The number of rotatable bonds is 5. The minimum Gasteiger partial charge on any atom is -0.507 e. The van der Waals surface area contributed by atoms with Gasteiger partial charge in [0.25, 0.3) is 0 Å². The van der Waals surface area contributed by atoms with Crippen molar-refractivity contribution in [2.45, 2.75) is 45.4 Å². The van der Waals surface area contributed by atoms with Crippen LogP contribution in [0.5, 0.6) is 11.5 Å². The van der Waals surface area contributed by atoms with E-state index in [1.807, 2.05) is 20.8 Å². The summed E-state index contributed by atoms with van der Waals surface area (Å²) in [6.45, 7) is 8.80. The summed E-state index contributed by atoms with van der Waals surface area (Å²) >= 11 is 0. The Morgan fingerprint density at radius 3 is 2.04 bits per heavy atom. The Morgan fingerprint density at radius 1 is 0.929 bits per heavy atom. The number of hydrogen-bond donors (Lipinski definition) is 3. The lowest BCUT2D eigenvalue weighted by Gasteiger charge is -2.27. The van der Waals surface area contributed by atoms with Crippen molar-refractivity contribution in [1.82, 2.24) is 0 Å². The van der Waals surface area contributed by atoms with Gasteiger partial charge in [-0.1, -0.05) is 39.0 Å². The molecule has 0 bridgehead atoms. The maximum Gasteiger partial charge on any atom is 0.313 e. The first-order valence-corrected chi connectivity index (χ1v) is 8.97. The minimum absolute atomic E-state index is 0.0518. The number of carbonyl (C=O) groups is 2. The second-order valence-electron chi connectivity index (χ2n) is 8.36. The fourth-order valence-electron chi connectivity index (χ4n) is 2.86. The second kappa shape index (κ2) is 7.50. The lowest BCUT2D eigenvalue weighted by atomic mass is 9.77. The number of carbonyl (C=O) groups excluding carboxylic acids is 1. The third kappa shape index (κ3) is 4.25. The van der Waals surface area contributed by atoms with Crippen LogP contribution in [0.2, 0.25) is 0 Å². The molecule has 0 radical (unpaired) electrons. The second-order valence-corrected chi connectivity index (χ2v) is 8.36. The molecule has 0 aromatic heterocycles. The summed E-state index contributed by atoms with van der Waals surface area (Å²) in [6.07, 6.45) is 2.89. The van der Waals surface area contributed by atoms with Crippen LogP contribution in [0.1, 0.15) is 61.7 Å². The lowest BCUT2D eigenvalue weighted by molar-refractivity contribution is -0.142. The van der Waals surface area contributed by atoms with Crippen molar-refractivity contribution in [3.63, 3.8) is 0 Å². The van der Waals surface area contributed by atoms with Crippen LogP contribution < -0.4 is 0 Å². The van der Waals surface area contributed by atoms with Gasteiger partial charge in [0.05, 0.1) is 11.0 Å². The van der Waals surface area contributed by atoms with Crippen molar-refractivity contribution in [1.29, 1.82) is 0 Å². The topological polar surface area (TPSA) is 94.8 Å². The van der Waals surface area contributed by atoms with E-state index in [0.29, 0.717) is 11.1 Å². The zero-order valence-corrected chi connectivity index (χ0v) is 16.8. The number of carboxylic acid groups (broad SMARTS) is 1. The van der Waals surface area contributed by atoms with Crippen LogP contribution >= 0.6 is 0 Å². The molecule has 0 heterocycles. The predicted octanol–water partition coefficient (Wildman–Crippen LogP) is 4.65. The fraction of sp³-hybridized carbons (Fsp3) is 0.304. The van der Waals surface area contributed by atoms with Crippen LogP contribution in [-0.4, -0.2) is 27.1 Å². The molecule has 2 aromatic carbocycles. The SMILES string of the molecule is CC(C)(C)c1cc(/C=C/C(=O)c2ccccc2O)cc(C(C)(C)C(=O)O)c1O. The van der Waals surface area contributed by atoms with Crippen LogP contribution in [0.3, 0.4) is 0 Å². The molecule has 0 aliphatic heterocycles. The molecule has 0 atom stereocenters. The zero-order chi connectivity index (χ0) is 21.3. The zero-order valence-electron chi connectivity index (χ0n) is 16.8. The van der Waals surface area contributed by atoms with Gasteiger partial charge in [-0.05, 0) is 55.2 Å². The number of hydrogen-bond acceptors (Lipinski definition) is 4. The van der Waals surface area contributed by atoms with Crippen molar-refractivity contribution in [2.75, 3.05) is 0 Å². The van der Waals surface area contributed by atoms with Crippen LogP contribution in [0.25, 0.3) is 6.08 Å². The van der Waals surface area contributed by atoms with Gasteiger partial charge in [-0.2, -0.15) is 0 Å². The van der Waals surface area contributed by atoms with E-state index in [0.717, 1.165) is 0 Å². The van der Waals surface area contributed by atoms with Gasteiger partial charge in [0.15, 0.2) is 5.78 Å². The highest BCUT2D eigenvalue weighted by molar-refractivity contribution is 6.08. The van der Waals surface area contributed by atoms with Crippen molar-refractivity contribution in [3.05, 3.63) is 64.7 Å². The van der Waals surface area contributed by atoms with Gasteiger partial charge in [-0.15, -0.1) is 0 Å². The molecule has 148 valence electrons. The Morgan fingerprint density at radius 2 is 1.50 bits per heavy atom. The molecular weight excluding hydrogens is 356 g/mol. The van der Waals surface area contributed by atoms with E-state index in [2.05, 4.69) is 0 Å². The first-order chi connectivity index (χ1) is 12.9. The Balaban J connectivity index is 2.57. The van der Waals surface area contributed by atoms with E-state index < -0.39 is 16.8 Å². The van der Waals surface area contributed by atoms with Gasteiger partial charge in [0.1, 0.15) is 11.5 Å². The third-order valence-electron chi connectivity index (χ3n) is 4.74. The van der Waals surface area contributed by atoms with Gasteiger partial charge in [0.2, 0.25) is 0 Å². The van der Waals surface area contributed by atoms with Crippen molar-refractivity contribution in [3.8, 4) is 11.5 Å². The molecule has 0 unspecified atom stereocenters. The molecule has 0 fully saturated rings. The normalized spacial score (nSPS) is 12.3. The number of para-hydroxylation sites is 1. The summed E-state index contributed by atoms with van der Waals surface area (Å²) in [4.78, 5) is 24.1. The molecule has 0 aliphatic carbocycles. The molecule has 5 heteroatoms. The van der Waals surface area contributed by atoms with Crippen molar-refractivity contribution >= 4 is 17.8 Å². The first kappa shape index (κ1) is 21.2. The number of benzene rings is 2. The van der Waals surface area contributed by atoms with Crippen LogP contribution in [0.4, 0.5) is 0 Å². The average Bonchev–Trinajstić information content (AvgIpc) is 2.59. The molecule has 0 saturated heterocycles. The van der Waals surface area contributed by atoms with Crippen molar-refractivity contribution < 1.29 is 24.9 Å². The summed E-state index contributed by atoms with van der Waals surface area (Å²) in [7, 11) is 0. The number of phenols is 2. The molecule has 2 aromatic rings. The van der Waals surface area contributed by atoms with Gasteiger partial charge in [-0.25, -0.2) is 0 Å². The molecular formula is C23H26O5. The van der Waals surface area contributed by atoms with E-state index in [9.17, 15) is 24.9 Å². The summed E-state index contributed by atoms with van der Waals surface area (Å²) in [6, 6.07) is 9.57. The van der Waals surface area contributed by atoms with E-state index >= 15 is 0 Å². The Labute approximate surface area is 165 Å². The number of aromatic hydroxyl groups is 2. The van der Waals surface area contributed by atoms with Crippen LogP contribution in [0.15, 0.2) is 42.5 Å². The molecule has 0 amide bonds. The molecule has 2 rings (SSSR count). The van der Waals surface area contributed by atoms with Gasteiger partial charge < -0.3 is 15.3 Å². The molecule has 0 saturated carbocycles. The minimum atomic E-state index is -1.31. The third-order valence-corrected chi connectivity index (χ3v) is 4.74. The molecule has 0 aliphatic rings. The van der Waals surface area contributed by atoms with E-state index in [4.69, 9.17) is 0 Å². The summed E-state index contributed by atoms with van der Waals surface area (Å²) in [5.74, 6) is -1.59. The highest BCUT2D eigenvalue weighted by Crippen LogP contribution is 2.40. The number of phenolic OH excluding ortho intramolecular Hbond substituents is 2. The molecule has 5 nitrogen and oxygen atoms in total. The van der Waals surface area contributed by atoms with Gasteiger partial charge >= 0.3 is 5.97 Å². The van der Waals surface area contributed by atoms with Crippen molar-refractivity contribution in [2.24, 2.45) is 0 Å².